The molecule has 2 heterocycles. The highest BCUT2D eigenvalue weighted by molar-refractivity contribution is 6.04. The Morgan fingerprint density at radius 1 is 0.919 bits per heavy atom. The highest BCUT2D eigenvalue weighted by atomic mass is 16.5. The zero-order valence-corrected chi connectivity index (χ0v) is 21.3. The fraction of sp³-hybridized carbons (Fsp3) is 0.281. The fourth-order valence-electron chi connectivity index (χ4n) is 5.36. The summed E-state index contributed by atoms with van der Waals surface area (Å²) in [5, 5.41) is 5.47. The molecule has 1 amide bonds. The normalized spacial score (nSPS) is 16.3. The lowest BCUT2D eigenvalue weighted by Crippen LogP contribution is -2.32. The summed E-state index contributed by atoms with van der Waals surface area (Å²) in [5.74, 6) is 1.69. The molecule has 188 valence electrons. The number of piperidine rings is 1. The lowest BCUT2D eigenvalue weighted by molar-refractivity contribution is 0.102. The van der Waals surface area contributed by atoms with Crippen LogP contribution in [0.2, 0.25) is 0 Å². The monoisotopic (exact) mass is 491 g/mol. The number of carbonyl (C=O) groups excluding carboxylic acids is 1. The van der Waals surface area contributed by atoms with Gasteiger partial charge in [0.25, 0.3) is 5.91 Å². The number of carbonyl (C=O) groups is 1. The van der Waals surface area contributed by atoms with E-state index in [1.165, 1.54) is 47.8 Å². The molecule has 6 rings (SSSR count). The van der Waals surface area contributed by atoms with Gasteiger partial charge in [-0.1, -0.05) is 49.4 Å². The number of fused-ring (bicyclic) bond motifs is 3. The van der Waals surface area contributed by atoms with Gasteiger partial charge in [-0.3, -0.25) is 9.69 Å². The third kappa shape index (κ3) is 5.18. The third-order valence-electron chi connectivity index (χ3n) is 7.71. The van der Waals surface area contributed by atoms with Gasteiger partial charge in [0.15, 0.2) is 6.73 Å². The molecule has 1 N–H and O–H groups in total. The molecule has 0 saturated carbocycles. The zero-order chi connectivity index (χ0) is 25.2. The van der Waals surface area contributed by atoms with Gasteiger partial charge in [-0.2, -0.15) is 0 Å². The number of hydrogen-bond donors (Lipinski definition) is 1. The van der Waals surface area contributed by atoms with Crippen molar-refractivity contribution in [1.82, 2.24) is 4.90 Å². The molecule has 4 aromatic rings. The molecule has 4 aromatic carbocycles. The predicted octanol–water partition coefficient (Wildman–Crippen LogP) is 6.68. The van der Waals surface area contributed by atoms with Gasteiger partial charge in [-0.25, -0.2) is 0 Å². The molecule has 5 heteroatoms. The van der Waals surface area contributed by atoms with E-state index < -0.39 is 0 Å². The first-order valence-electron chi connectivity index (χ1n) is 13.2. The number of ether oxygens (including phenoxy) is 1. The maximum atomic E-state index is 12.9. The van der Waals surface area contributed by atoms with Gasteiger partial charge in [0, 0.05) is 29.0 Å². The van der Waals surface area contributed by atoms with E-state index >= 15 is 0 Å². The predicted molar refractivity (Wildman–Crippen MR) is 150 cm³/mol. The summed E-state index contributed by atoms with van der Waals surface area (Å²) in [4.78, 5) is 17.6. The number of hydrogen-bond acceptors (Lipinski definition) is 4. The van der Waals surface area contributed by atoms with E-state index in [-0.39, 0.29) is 5.91 Å². The van der Waals surface area contributed by atoms with E-state index in [9.17, 15) is 4.79 Å². The van der Waals surface area contributed by atoms with Crippen molar-refractivity contribution in [3.8, 4) is 5.75 Å². The highest BCUT2D eigenvalue weighted by Crippen LogP contribution is 2.34. The number of nitrogens with zero attached hydrogens (tertiary/aromatic N) is 2. The Morgan fingerprint density at radius 3 is 2.46 bits per heavy atom. The Kier molecular flexibility index (Phi) is 6.54. The molecular weight excluding hydrogens is 458 g/mol. The van der Waals surface area contributed by atoms with Crippen LogP contribution in [0.15, 0.2) is 84.9 Å². The molecule has 0 spiro atoms. The molecular formula is C32H33N3O2. The Morgan fingerprint density at radius 2 is 1.68 bits per heavy atom. The minimum Gasteiger partial charge on any atom is -0.473 e. The van der Waals surface area contributed by atoms with Crippen LogP contribution in [0.25, 0.3) is 10.8 Å². The Labute approximate surface area is 218 Å². The van der Waals surface area contributed by atoms with Gasteiger partial charge >= 0.3 is 0 Å². The van der Waals surface area contributed by atoms with Crippen LogP contribution in [0, 0.1) is 5.92 Å². The van der Waals surface area contributed by atoms with Crippen molar-refractivity contribution in [2.45, 2.75) is 32.9 Å². The molecule has 0 unspecified atom stereocenters. The standard InChI is InChI=1S/C32H33N3O2/c1-23-16-18-34(19-17-23)20-24-6-11-27(12-7-24)33-32(36)26-8-13-28(14-9-26)35-21-30-29-5-3-2-4-25(29)10-15-31(30)37-22-35/h2-15,23H,16-22H2,1H3,(H,33,36). The summed E-state index contributed by atoms with van der Waals surface area (Å²) in [7, 11) is 0. The molecule has 37 heavy (non-hydrogen) atoms. The number of amides is 1. The van der Waals surface area contributed by atoms with Crippen LogP contribution in [0.3, 0.4) is 0 Å². The second-order valence-corrected chi connectivity index (χ2v) is 10.4. The summed E-state index contributed by atoms with van der Waals surface area (Å²) in [6.07, 6.45) is 2.56. The van der Waals surface area contributed by atoms with Gasteiger partial charge in [0.1, 0.15) is 5.75 Å². The summed E-state index contributed by atoms with van der Waals surface area (Å²) >= 11 is 0. The molecule has 0 aliphatic carbocycles. The average molecular weight is 492 g/mol. The zero-order valence-electron chi connectivity index (χ0n) is 21.3. The molecule has 0 radical (unpaired) electrons. The maximum absolute atomic E-state index is 12.9. The van der Waals surface area contributed by atoms with Crippen molar-refractivity contribution in [3.05, 3.63) is 102 Å². The number of anilines is 2. The fourth-order valence-corrected chi connectivity index (χ4v) is 5.36. The van der Waals surface area contributed by atoms with Crippen molar-refractivity contribution in [2.24, 2.45) is 5.92 Å². The van der Waals surface area contributed by atoms with Crippen LogP contribution in [0.5, 0.6) is 5.75 Å². The van der Waals surface area contributed by atoms with E-state index in [2.05, 4.69) is 70.6 Å². The van der Waals surface area contributed by atoms with Crippen molar-refractivity contribution >= 4 is 28.1 Å². The molecule has 0 bridgehead atoms. The lowest BCUT2D eigenvalue weighted by atomic mass is 9.99. The molecule has 0 atom stereocenters. The Bertz CT molecular complexity index is 1390. The molecule has 1 saturated heterocycles. The lowest BCUT2D eigenvalue weighted by Gasteiger charge is -2.31. The third-order valence-corrected chi connectivity index (χ3v) is 7.71. The van der Waals surface area contributed by atoms with Gasteiger partial charge < -0.3 is 15.0 Å². The number of nitrogens with one attached hydrogen (secondary N) is 1. The van der Waals surface area contributed by atoms with Gasteiger partial charge in [-0.05, 0) is 90.6 Å². The van der Waals surface area contributed by atoms with Crippen LogP contribution in [-0.2, 0) is 13.1 Å². The van der Waals surface area contributed by atoms with E-state index in [1.54, 1.807) is 0 Å². The summed E-state index contributed by atoms with van der Waals surface area (Å²) in [6, 6.07) is 28.6. The van der Waals surface area contributed by atoms with E-state index in [0.29, 0.717) is 12.3 Å². The van der Waals surface area contributed by atoms with Crippen molar-refractivity contribution in [2.75, 3.05) is 30.0 Å². The van der Waals surface area contributed by atoms with Crippen molar-refractivity contribution < 1.29 is 9.53 Å². The first kappa shape index (κ1) is 23.6. The second kappa shape index (κ2) is 10.3. The first-order chi connectivity index (χ1) is 18.1. The molecule has 0 aromatic heterocycles. The van der Waals surface area contributed by atoms with Crippen molar-refractivity contribution in [1.29, 1.82) is 0 Å². The quantitative estimate of drug-likeness (QED) is 0.338. The van der Waals surface area contributed by atoms with E-state index in [1.807, 2.05) is 36.4 Å². The van der Waals surface area contributed by atoms with Crippen LogP contribution >= 0.6 is 0 Å². The SMILES string of the molecule is CC1CCN(Cc2ccc(NC(=O)c3ccc(N4COc5ccc6ccccc6c5C4)cc3)cc2)CC1. The summed E-state index contributed by atoms with van der Waals surface area (Å²) in [5.41, 5.74) is 4.98. The largest absolute Gasteiger partial charge is 0.473 e. The maximum Gasteiger partial charge on any atom is 0.255 e. The van der Waals surface area contributed by atoms with Crippen molar-refractivity contribution in [3.63, 3.8) is 0 Å². The topological polar surface area (TPSA) is 44.8 Å². The van der Waals surface area contributed by atoms with E-state index in [0.717, 1.165) is 36.1 Å². The minimum absolute atomic E-state index is 0.101. The van der Waals surface area contributed by atoms with Crippen LogP contribution in [-0.4, -0.2) is 30.6 Å². The van der Waals surface area contributed by atoms with Crippen LogP contribution in [0.4, 0.5) is 11.4 Å². The smallest absolute Gasteiger partial charge is 0.255 e. The average Bonchev–Trinajstić information content (AvgIpc) is 2.95. The molecule has 5 nitrogen and oxygen atoms in total. The van der Waals surface area contributed by atoms with E-state index in [4.69, 9.17) is 4.74 Å². The Hall–Kier alpha value is -3.83. The Balaban J connectivity index is 1.08. The van der Waals surface area contributed by atoms with Gasteiger partial charge in [0.2, 0.25) is 0 Å². The summed E-state index contributed by atoms with van der Waals surface area (Å²) in [6.45, 7) is 6.91. The van der Waals surface area contributed by atoms with Gasteiger partial charge in [-0.15, -0.1) is 0 Å². The first-order valence-corrected chi connectivity index (χ1v) is 13.2. The molecule has 2 aliphatic heterocycles. The highest BCUT2D eigenvalue weighted by Gasteiger charge is 2.20. The van der Waals surface area contributed by atoms with Gasteiger partial charge in [0.05, 0.1) is 6.54 Å². The molecule has 1 fully saturated rings. The summed E-state index contributed by atoms with van der Waals surface area (Å²) < 4.78 is 6.06. The second-order valence-electron chi connectivity index (χ2n) is 10.4. The van der Waals surface area contributed by atoms with Crippen LogP contribution < -0.4 is 15.0 Å². The number of benzene rings is 4. The molecule has 2 aliphatic rings. The van der Waals surface area contributed by atoms with Crippen LogP contribution in [0.1, 0.15) is 41.3 Å². The number of rotatable bonds is 5. The minimum atomic E-state index is -0.101. The number of likely N-dealkylation sites (tertiary alicyclic amines) is 1.